The minimum atomic E-state index is -0.511. The first-order chi connectivity index (χ1) is 12.2. The van der Waals surface area contributed by atoms with Crippen LogP contribution in [0.15, 0.2) is 11.1 Å². The highest BCUT2D eigenvalue weighted by atomic mass is 16.5. The van der Waals surface area contributed by atoms with Crippen molar-refractivity contribution < 1.29 is 19.0 Å². The average molecular weight is 360 g/mol. The standard InChI is InChI=1S/C22H32O4/c1-12-7-8-19(2)11-22-13-10-26-14(13)9-15(24-5)20(22,3)18(23)17(25-6)16(12)21(19,22)4/h13-15,17H,7-11H2,1-6H3/t13-,14-,15+,17-,19+,20+,21?,22?/m1/s1. The van der Waals surface area contributed by atoms with Gasteiger partial charge in [0.1, 0.15) is 6.10 Å². The average Bonchev–Trinajstić information content (AvgIpc) is 2.58. The quantitative estimate of drug-likeness (QED) is 0.707. The van der Waals surface area contributed by atoms with Gasteiger partial charge in [-0.25, -0.2) is 0 Å². The Balaban J connectivity index is 1.82. The topological polar surface area (TPSA) is 44.8 Å². The van der Waals surface area contributed by atoms with E-state index in [0.717, 1.165) is 25.9 Å². The van der Waals surface area contributed by atoms with Gasteiger partial charge in [0.15, 0.2) is 5.78 Å². The highest BCUT2D eigenvalue weighted by Crippen LogP contribution is 2.86. The van der Waals surface area contributed by atoms with E-state index in [-0.39, 0.29) is 34.2 Å². The van der Waals surface area contributed by atoms with E-state index in [1.54, 1.807) is 14.2 Å². The summed E-state index contributed by atoms with van der Waals surface area (Å²) in [5.74, 6) is 0.701. The van der Waals surface area contributed by atoms with Gasteiger partial charge in [0.25, 0.3) is 0 Å². The second kappa shape index (κ2) is 4.82. The van der Waals surface area contributed by atoms with Crippen LogP contribution in [0.1, 0.15) is 53.4 Å². The molecule has 1 spiro atoms. The molecule has 1 saturated heterocycles. The molecular weight excluding hydrogens is 328 g/mol. The minimum absolute atomic E-state index is 0.0183. The van der Waals surface area contributed by atoms with Gasteiger partial charge in [-0.2, -0.15) is 0 Å². The third-order valence-electron chi connectivity index (χ3n) is 9.94. The molecule has 0 aromatic heterocycles. The molecule has 8 atom stereocenters. The molecule has 0 bridgehead atoms. The summed E-state index contributed by atoms with van der Waals surface area (Å²) in [7, 11) is 3.46. The number of hydrogen-bond donors (Lipinski definition) is 0. The molecule has 0 amide bonds. The van der Waals surface area contributed by atoms with Gasteiger partial charge in [0.2, 0.25) is 0 Å². The molecular formula is C22H32O4. The lowest BCUT2D eigenvalue weighted by atomic mass is 9.20. The largest absolute Gasteiger partial charge is 0.380 e. The van der Waals surface area contributed by atoms with Crippen molar-refractivity contribution in [1.29, 1.82) is 0 Å². The zero-order valence-electron chi connectivity index (χ0n) is 17.0. The third kappa shape index (κ3) is 1.39. The number of allylic oxidation sites excluding steroid dienone is 1. The Bertz CT molecular complexity index is 728. The number of rotatable bonds is 2. The van der Waals surface area contributed by atoms with Crippen LogP contribution in [-0.2, 0) is 19.0 Å². The van der Waals surface area contributed by atoms with E-state index in [1.807, 2.05) is 0 Å². The highest BCUT2D eigenvalue weighted by Gasteiger charge is 2.86. The molecule has 0 radical (unpaired) electrons. The zero-order valence-corrected chi connectivity index (χ0v) is 17.0. The van der Waals surface area contributed by atoms with Crippen LogP contribution in [0.5, 0.6) is 0 Å². The molecule has 2 unspecified atom stereocenters. The first kappa shape index (κ1) is 17.4. The second-order valence-electron chi connectivity index (χ2n) is 10.1. The molecule has 0 aromatic carbocycles. The summed E-state index contributed by atoms with van der Waals surface area (Å²) in [6, 6.07) is 0. The summed E-state index contributed by atoms with van der Waals surface area (Å²) in [5, 5.41) is 0. The van der Waals surface area contributed by atoms with E-state index in [0.29, 0.717) is 5.92 Å². The molecule has 144 valence electrons. The summed E-state index contributed by atoms with van der Waals surface area (Å²) >= 11 is 0. The smallest absolute Gasteiger partial charge is 0.174 e. The fraction of sp³-hybridized carbons (Fsp3) is 0.864. The molecule has 0 aromatic rings. The first-order valence-electron chi connectivity index (χ1n) is 10.1. The Labute approximate surface area is 156 Å². The van der Waals surface area contributed by atoms with Gasteiger partial charge >= 0.3 is 0 Å². The summed E-state index contributed by atoms with van der Waals surface area (Å²) < 4.78 is 17.9. The van der Waals surface area contributed by atoms with Gasteiger partial charge in [0.05, 0.1) is 24.2 Å². The summed E-state index contributed by atoms with van der Waals surface area (Å²) in [5.41, 5.74) is 2.31. The molecule has 5 rings (SSSR count). The van der Waals surface area contributed by atoms with E-state index in [2.05, 4.69) is 27.7 Å². The van der Waals surface area contributed by atoms with E-state index in [4.69, 9.17) is 14.2 Å². The molecule has 4 aliphatic carbocycles. The SMILES string of the molecule is CO[C@H]1C(=O)[C@]2(C)[C@@H](OC)C[C@H]3OC[C@H]3C23C[C@]2(C)CCC(C)=C1C32C. The van der Waals surface area contributed by atoms with Gasteiger partial charge in [-0.1, -0.05) is 19.4 Å². The second-order valence-corrected chi connectivity index (χ2v) is 10.1. The fourth-order valence-electron chi connectivity index (χ4n) is 8.50. The molecule has 4 heteroatoms. The Morgan fingerprint density at radius 1 is 1.15 bits per heavy atom. The fourth-order valence-corrected chi connectivity index (χ4v) is 8.50. The predicted molar refractivity (Wildman–Crippen MR) is 97.8 cm³/mol. The summed E-state index contributed by atoms with van der Waals surface area (Å²) in [6.45, 7) is 10.1. The van der Waals surface area contributed by atoms with Crippen molar-refractivity contribution in [3.63, 3.8) is 0 Å². The van der Waals surface area contributed by atoms with Gasteiger partial charge in [-0.15, -0.1) is 0 Å². The Morgan fingerprint density at radius 3 is 2.46 bits per heavy atom. The number of ketones is 1. The van der Waals surface area contributed by atoms with Crippen molar-refractivity contribution in [3.8, 4) is 0 Å². The van der Waals surface area contributed by atoms with Gasteiger partial charge < -0.3 is 14.2 Å². The van der Waals surface area contributed by atoms with Crippen LogP contribution in [-0.4, -0.2) is 44.9 Å². The van der Waals surface area contributed by atoms with Gasteiger partial charge in [0, 0.05) is 37.4 Å². The maximum Gasteiger partial charge on any atom is 0.174 e. The van der Waals surface area contributed by atoms with E-state index < -0.39 is 11.5 Å². The van der Waals surface area contributed by atoms with E-state index in [1.165, 1.54) is 17.6 Å². The van der Waals surface area contributed by atoms with Crippen LogP contribution in [0.2, 0.25) is 0 Å². The molecule has 4 fully saturated rings. The normalized spacial score (nSPS) is 57.5. The summed E-state index contributed by atoms with van der Waals surface area (Å²) in [6.07, 6.45) is 3.94. The predicted octanol–water partition coefficient (Wildman–Crippen LogP) is 3.54. The van der Waals surface area contributed by atoms with Crippen LogP contribution in [0.25, 0.3) is 0 Å². The van der Waals surface area contributed by atoms with Crippen LogP contribution < -0.4 is 0 Å². The monoisotopic (exact) mass is 360 g/mol. The third-order valence-corrected chi connectivity index (χ3v) is 9.94. The first-order valence-corrected chi connectivity index (χ1v) is 10.1. The number of hydrogen-bond acceptors (Lipinski definition) is 4. The van der Waals surface area contributed by atoms with Gasteiger partial charge in [-0.05, 0) is 44.1 Å². The lowest BCUT2D eigenvalue weighted by Crippen LogP contribution is -2.85. The molecule has 1 aliphatic heterocycles. The maximum absolute atomic E-state index is 14.0. The van der Waals surface area contributed by atoms with Crippen molar-refractivity contribution >= 4 is 5.78 Å². The van der Waals surface area contributed by atoms with E-state index in [9.17, 15) is 4.79 Å². The summed E-state index contributed by atoms with van der Waals surface area (Å²) in [4.78, 5) is 14.0. The van der Waals surface area contributed by atoms with Gasteiger partial charge in [-0.3, -0.25) is 4.79 Å². The molecule has 5 aliphatic rings. The molecule has 1 heterocycles. The molecule has 26 heavy (non-hydrogen) atoms. The van der Waals surface area contributed by atoms with Crippen LogP contribution in [0.3, 0.4) is 0 Å². The van der Waals surface area contributed by atoms with Crippen molar-refractivity contribution in [1.82, 2.24) is 0 Å². The van der Waals surface area contributed by atoms with Crippen molar-refractivity contribution in [2.45, 2.75) is 71.7 Å². The molecule has 4 nitrogen and oxygen atoms in total. The minimum Gasteiger partial charge on any atom is -0.380 e. The van der Waals surface area contributed by atoms with Crippen molar-refractivity contribution in [2.75, 3.05) is 20.8 Å². The molecule has 3 saturated carbocycles. The van der Waals surface area contributed by atoms with Crippen LogP contribution in [0.4, 0.5) is 0 Å². The Hall–Kier alpha value is -0.710. The maximum atomic E-state index is 14.0. The number of ether oxygens (including phenoxy) is 3. The van der Waals surface area contributed by atoms with Crippen LogP contribution in [0, 0.1) is 27.6 Å². The highest BCUT2D eigenvalue weighted by molar-refractivity contribution is 5.96. The number of methoxy groups -OCH3 is 2. The molecule has 0 N–H and O–H groups in total. The Morgan fingerprint density at radius 2 is 1.88 bits per heavy atom. The van der Waals surface area contributed by atoms with E-state index >= 15 is 0 Å². The Kier molecular flexibility index (Phi) is 3.22. The number of carbonyl (C=O) groups excluding carboxylic acids is 1. The number of carbonyl (C=O) groups is 1. The lowest BCUT2D eigenvalue weighted by molar-refractivity contribution is -0.371. The van der Waals surface area contributed by atoms with Crippen molar-refractivity contribution in [3.05, 3.63) is 11.1 Å². The number of fused-ring (bicyclic) bond motifs is 1. The number of Topliss-reactive ketones (excluding diaryl/α,β-unsaturated/α-hetero) is 1. The van der Waals surface area contributed by atoms with Crippen LogP contribution >= 0.6 is 0 Å². The van der Waals surface area contributed by atoms with Crippen molar-refractivity contribution in [2.24, 2.45) is 27.6 Å². The lowest BCUT2D eigenvalue weighted by Gasteiger charge is -2.84. The zero-order chi connectivity index (χ0) is 18.7.